The number of hydrogen-bond donors (Lipinski definition) is 2. The van der Waals surface area contributed by atoms with Crippen molar-refractivity contribution in [3.05, 3.63) is 72.9 Å². The molecule has 0 bridgehead atoms. The minimum absolute atomic E-state index is 0.147. The molecule has 0 saturated carbocycles. The minimum atomic E-state index is -4.75. The van der Waals surface area contributed by atoms with Crippen molar-refractivity contribution in [3.63, 3.8) is 0 Å². The van der Waals surface area contributed by atoms with Gasteiger partial charge in [-0.1, -0.05) is 196 Å². The summed E-state index contributed by atoms with van der Waals surface area (Å²) in [5, 5.41) is 9.75. The van der Waals surface area contributed by atoms with Gasteiger partial charge in [0.2, 0.25) is 0 Å². The number of ether oxygens (including phenoxy) is 3. The fourth-order valence-corrected chi connectivity index (χ4v) is 7.82. The smallest absolute Gasteiger partial charge is 0.462 e. The second-order valence-electron chi connectivity index (χ2n) is 17.7. The molecular formula is C56H97O11P. The molecule has 68 heavy (non-hydrogen) atoms. The number of aliphatic hydroxyl groups excluding tert-OH is 1. The molecule has 2 N–H and O–H groups in total. The van der Waals surface area contributed by atoms with Crippen molar-refractivity contribution in [2.24, 2.45) is 0 Å². The van der Waals surface area contributed by atoms with Gasteiger partial charge in [0.05, 0.1) is 19.8 Å². The highest BCUT2D eigenvalue weighted by molar-refractivity contribution is 7.47. The number of carbonyl (C=O) groups excluding carboxylic acids is 3. The molecule has 0 aliphatic carbocycles. The van der Waals surface area contributed by atoms with Gasteiger partial charge >= 0.3 is 25.7 Å². The van der Waals surface area contributed by atoms with Crippen LogP contribution in [0.25, 0.3) is 0 Å². The van der Waals surface area contributed by atoms with Crippen molar-refractivity contribution < 1.29 is 52.2 Å². The normalized spacial score (nSPS) is 14.0. The zero-order valence-corrected chi connectivity index (χ0v) is 43.9. The van der Waals surface area contributed by atoms with E-state index in [9.17, 15) is 28.9 Å². The van der Waals surface area contributed by atoms with Crippen LogP contribution in [0.15, 0.2) is 72.9 Å². The van der Waals surface area contributed by atoms with E-state index in [-0.39, 0.29) is 25.9 Å². The van der Waals surface area contributed by atoms with Crippen LogP contribution in [0.3, 0.4) is 0 Å². The lowest BCUT2D eigenvalue weighted by molar-refractivity contribution is -0.161. The Labute approximate surface area is 414 Å². The zero-order valence-electron chi connectivity index (χ0n) is 43.1. The van der Waals surface area contributed by atoms with Gasteiger partial charge in [0, 0.05) is 19.3 Å². The van der Waals surface area contributed by atoms with E-state index in [4.69, 9.17) is 23.3 Å². The molecule has 392 valence electrons. The number of aliphatic hydroxyl groups is 1. The van der Waals surface area contributed by atoms with Gasteiger partial charge in [-0.15, -0.1) is 0 Å². The Bertz CT molecular complexity index is 1420. The Hall–Kier alpha value is -3.08. The van der Waals surface area contributed by atoms with Crippen molar-refractivity contribution in [1.29, 1.82) is 0 Å². The number of phosphoric acid groups is 1. The van der Waals surface area contributed by atoms with E-state index in [2.05, 4.69) is 93.7 Å². The fraction of sp³-hybridized carbons (Fsp3) is 0.732. The predicted molar refractivity (Wildman–Crippen MR) is 279 cm³/mol. The number of hydrogen-bond acceptors (Lipinski definition) is 10. The summed E-state index contributed by atoms with van der Waals surface area (Å²) in [7, 11) is -4.75. The monoisotopic (exact) mass is 977 g/mol. The molecule has 0 aromatic carbocycles. The summed E-state index contributed by atoms with van der Waals surface area (Å²) >= 11 is 0. The summed E-state index contributed by atoms with van der Waals surface area (Å²) in [6.07, 6.45) is 54.5. The van der Waals surface area contributed by atoms with Crippen molar-refractivity contribution in [2.75, 3.05) is 26.4 Å². The van der Waals surface area contributed by atoms with E-state index in [0.717, 1.165) is 135 Å². The maximum absolute atomic E-state index is 12.8. The first-order chi connectivity index (χ1) is 33.2. The van der Waals surface area contributed by atoms with Crippen LogP contribution in [-0.4, -0.2) is 66.5 Å². The molecule has 0 fully saturated rings. The highest BCUT2D eigenvalue weighted by atomic mass is 31.2. The largest absolute Gasteiger partial charge is 0.472 e. The molecule has 11 nitrogen and oxygen atoms in total. The van der Waals surface area contributed by atoms with Crippen LogP contribution in [0.2, 0.25) is 0 Å². The predicted octanol–water partition coefficient (Wildman–Crippen LogP) is 15.4. The SMILES string of the molecule is CC/C=C\C/C=C\C/C=C\C/C=C\CCCCCCCCC(=O)OCC(COP(=O)(O)OCC(CO)OC(=O)CCCCCCCCCCC)OC(=O)CCCCCCC/C=C\C/C=C\CCC. The molecule has 12 heteroatoms. The Kier molecular flexibility index (Phi) is 48.0. The first-order valence-corrected chi connectivity index (χ1v) is 28.3. The van der Waals surface area contributed by atoms with Crippen molar-refractivity contribution in [2.45, 2.75) is 238 Å². The highest BCUT2D eigenvalue weighted by Crippen LogP contribution is 2.43. The lowest BCUT2D eigenvalue weighted by Crippen LogP contribution is -2.30. The molecule has 0 aliphatic heterocycles. The molecule has 0 aliphatic rings. The first-order valence-electron chi connectivity index (χ1n) is 26.8. The van der Waals surface area contributed by atoms with Crippen molar-refractivity contribution >= 4 is 25.7 Å². The summed E-state index contributed by atoms with van der Waals surface area (Å²) in [6.45, 7) is 4.40. The summed E-state index contributed by atoms with van der Waals surface area (Å²) in [4.78, 5) is 48.3. The first kappa shape index (κ1) is 64.9. The van der Waals surface area contributed by atoms with E-state index < -0.39 is 57.8 Å². The van der Waals surface area contributed by atoms with Crippen LogP contribution < -0.4 is 0 Å². The second kappa shape index (κ2) is 50.3. The third-order valence-corrected chi connectivity index (χ3v) is 12.0. The number of carbonyl (C=O) groups is 3. The van der Waals surface area contributed by atoms with Crippen LogP contribution in [-0.2, 0) is 42.2 Å². The Morgan fingerprint density at radius 2 is 0.794 bits per heavy atom. The third-order valence-electron chi connectivity index (χ3n) is 11.1. The van der Waals surface area contributed by atoms with E-state index in [1.54, 1.807) is 0 Å². The molecule has 0 amide bonds. The summed E-state index contributed by atoms with van der Waals surface area (Å²) in [6, 6.07) is 0. The van der Waals surface area contributed by atoms with Crippen LogP contribution >= 0.6 is 7.82 Å². The zero-order chi connectivity index (χ0) is 49.9. The number of allylic oxidation sites excluding steroid dienone is 12. The van der Waals surface area contributed by atoms with E-state index in [0.29, 0.717) is 19.3 Å². The lowest BCUT2D eigenvalue weighted by Gasteiger charge is -2.21. The third kappa shape index (κ3) is 48.0. The molecule has 0 saturated heterocycles. The van der Waals surface area contributed by atoms with Gasteiger partial charge in [0.1, 0.15) is 12.7 Å². The Balaban J connectivity index is 4.75. The summed E-state index contributed by atoms with van der Waals surface area (Å²) < 4.78 is 39.3. The molecular weight excluding hydrogens is 880 g/mol. The standard InChI is InChI=1S/C56H97O11P/c1-4-7-10-13-16-19-21-23-24-25-26-27-28-30-31-34-36-39-42-45-54(58)63-49-53(67-56(60)47-44-41-38-35-32-29-22-20-17-14-11-8-5-2)51-65-68(61,62)64-50-52(48-57)66-55(59)46-43-40-37-33-18-15-12-9-6-3/h7,10-11,14,16,19-20,22-24,26-27,52-53,57H,4-6,8-9,12-13,15,17-18,21,25,28-51H2,1-3H3,(H,61,62)/b10-7-,14-11-,19-16-,22-20-,24-23-,27-26-. The van der Waals surface area contributed by atoms with Gasteiger partial charge in [-0.05, 0) is 83.5 Å². The van der Waals surface area contributed by atoms with Gasteiger partial charge in [-0.3, -0.25) is 23.4 Å². The molecule has 0 rings (SSSR count). The Morgan fingerprint density at radius 3 is 1.24 bits per heavy atom. The Morgan fingerprint density at radius 1 is 0.426 bits per heavy atom. The van der Waals surface area contributed by atoms with Gasteiger partial charge in [0.15, 0.2) is 6.10 Å². The lowest BCUT2D eigenvalue weighted by atomic mass is 10.1. The summed E-state index contributed by atoms with van der Waals surface area (Å²) in [5.41, 5.74) is 0. The molecule has 0 radical (unpaired) electrons. The number of esters is 3. The molecule has 0 aromatic rings. The van der Waals surface area contributed by atoms with Crippen molar-refractivity contribution in [3.8, 4) is 0 Å². The van der Waals surface area contributed by atoms with E-state index >= 15 is 0 Å². The van der Waals surface area contributed by atoms with Crippen LogP contribution in [0, 0.1) is 0 Å². The van der Waals surface area contributed by atoms with E-state index in [1.807, 2.05) is 0 Å². The molecule has 0 aromatic heterocycles. The van der Waals surface area contributed by atoms with Gasteiger partial charge in [-0.25, -0.2) is 4.57 Å². The quantitative estimate of drug-likeness (QED) is 0.0197. The molecule has 0 heterocycles. The molecule has 0 spiro atoms. The average molecular weight is 977 g/mol. The van der Waals surface area contributed by atoms with Crippen LogP contribution in [0.1, 0.15) is 226 Å². The fourth-order valence-electron chi connectivity index (χ4n) is 7.03. The van der Waals surface area contributed by atoms with E-state index in [1.165, 1.54) is 32.1 Å². The summed E-state index contributed by atoms with van der Waals surface area (Å²) in [5.74, 6) is -1.50. The van der Waals surface area contributed by atoms with Crippen molar-refractivity contribution in [1.82, 2.24) is 0 Å². The topological polar surface area (TPSA) is 155 Å². The van der Waals surface area contributed by atoms with Gasteiger partial charge < -0.3 is 24.2 Å². The minimum Gasteiger partial charge on any atom is -0.462 e. The number of phosphoric ester groups is 1. The number of rotatable bonds is 49. The average Bonchev–Trinajstić information content (AvgIpc) is 3.32. The second-order valence-corrected chi connectivity index (χ2v) is 19.1. The van der Waals surface area contributed by atoms with Gasteiger partial charge in [-0.2, -0.15) is 0 Å². The molecule has 3 atom stereocenters. The highest BCUT2D eigenvalue weighted by Gasteiger charge is 2.28. The van der Waals surface area contributed by atoms with Crippen LogP contribution in [0.5, 0.6) is 0 Å². The maximum atomic E-state index is 12.8. The molecule has 3 unspecified atom stereocenters. The van der Waals surface area contributed by atoms with Gasteiger partial charge in [0.25, 0.3) is 0 Å². The number of unbranched alkanes of at least 4 members (excludes halogenated alkanes) is 20. The van der Waals surface area contributed by atoms with Crippen LogP contribution in [0.4, 0.5) is 0 Å². The maximum Gasteiger partial charge on any atom is 0.472 e.